The highest BCUT2D eigenvalue weighted by Crippen LogP contribution is 2.18. The Bertz CT molecular complexity index is 899. The van der Waals surface area contributed by atoms with Crippen molar-refractivity contribution >= 4 is 15.9 Å². The Morgan fingerprint density at radius 1 is 0.926 bits per heavy atom. The third kappa shape index (κ3) is 4.76. The van der Waals surface area contributed by atoms with Gasteiger partial charge in [-0.2, -0.15) is 4.31 Å². The van der Waals surface area contributed by atoms with Crippen LogP contribution in [0.5, 0.6) is 0 Å². The summed E-state index contributed by atoms with van der Waals surface area (Å²) in [6.07, 6.45) is 1.16. The van der Waals surface area contributed by atoms with Gasteiger partial charge in [0, 0.05) is 32.6 Å². The van der Waals surface area contributed by atoms with Gasteiger partial charge in [-0.3, -0.25) is 4.79 Å². The van der Waals surface area contributed by atoms with E-state index in [1.54, 1.807) is 29.2 Å². The molecule has 1 heterocycles. The van der Waals surface area contributed by atoms with Gasteiger partial charge in [0.1, 0.15) is 0 Å². The van der Waals surface area contributed by atoms with E-state index in [0.29, 0.717) is 43.9 Å². The molecule has 3 rings (SSSR count). The molecular weight excluding hydrogens is 360 g/mol. The van der Waals surface area contributed by atoms with Gasteiger partial charge in [0.25, 0.3) is 0 Å². The largest absolute Gasteiger partial charge is 0.340 e. The number of benzene rings is 2. The zero-order chi connectivity index (χ0) is 19.4. The van der Waals surface area contributed by atoms with Gasteiger partial charge in [-0.15, -0.1) is 0 Å². The summed E-state index contributed by atoms with van der Waals surface area (Å²) < 4.78 is 27.0. The number of carbonyl (C=O) groups is 1. The zero-order valence-corrected chi connectivity index (χ0v) is 16.7. The molecule has 0 radical (unpaired) electrons. The molecular formula is C21H26N2O3S. The molecule has 2 aromatic carbocycles. The number of hydrogen-bond donors (Lipinski definition) is 0. The highest BCUT2D eigenvalue weighted by molar-refractivity contribution is 7.89. The van der Waals surface area contributed by atoms with E-state index >= 15 is 0 Å². The summed E-state index contributed by atoms with van der Waals surface area (Å²) in [6.45, 7) is 5.53. The van der Waals surface area contributed by atoms with Crippen molar-refractivity contribution < 1.29 is 13.2 Å². The highest BCUT2D eigenvalue weighted by Gasteiger charge is 2.29. The topological polar surface area (TPSA) is 57.7 Å². The summed E-state index contributed by atoms with van der Waals surface area (Å²) in [6, 6.07) is 15.1. The van der Waals surface area contributed by atoms with Crippen LogP contribution >= 0.6 is 0 Å². The molecule has 5 nitrogen and oxygen atoms in total. The monoisotopic (exact) mass is 386 g/mol. The summed E-state index contributed by atoms with van der Waals surface area (Å²) in [5, 5.41) is 0. The summed E-state index contributed by atoms with van der Waals surface area (Å²) in [4.78, 5) is 14.6. The van der Waals surface area contributed by atoms with E-state index in [9.17, 15) is 13.2 Å². The first-order valence-corrected chi connectivity index (χ1v) is 10.7. The quantitative estimate of drug-likeness (QED) is 0.794. The summed E-state index contributed by atoms with van der Waals surface area (Å²) in [5.41, 5.74) is 3.37. The Morgan fingerprint density at radius 2 is 1.59 bits per heavy atom. The van der Waals surface area contributed by atoms with E-state index in [0.717, 1.165) is 11.1 Å². The molecule has 0 atom stereocenters. The Kier molecular flexibility index (Phi) is 5.97. The van der Waals surface area contributed by atoms with Crippen LogP contribution in [-0.2, 0) is 21.2 Å². The maximum atomic E-state index is 12.7. The molecule has 1 fully saturated rings. The predicted molar refractivity (Wildman–Crippen MR) is 106 cm³/mol. The second-order valence-corrected chi connectivity index (χ2v) is 9.02. The second-order valence-electron chi connectivity index (χ2n) is 7.09. The lowest BCUT2D eigenvalue weighted by Gasteiger charge is -2.34. The smallest absolute Gasteiger partial charge is 0.243 e. The first-order chi connectivity index (χ1) is 12.9. The number of carbonyl (C=O) groups excluding carboxylic acids is 1. The maximum Gasteiger partial charge on any atom is 0.243 e. The van der Waals surface area contributed by atoms with Crippen molar-refractivity contribution in [3.8, 4) is 0 Å². The molecule has 1 aliphatic heterocycles. The number of hydrogen-bond acceptors (Lipinski definition) is 3. The highest BCUT2D eigenvalue weighted by atomic mass is 32.2. The molecule has 1 amide bonds. The van der Waals surface area contributed by atoms with Crippen molar-refractivity contribution in [3.05, 3.63) is 65.2 Å². The van der Waals surface area contributed by atoms with Gasteiger partial charge >= 0.3 is 0 Å². The summed E-state index contributed by atoms with van der Waals surface area (Å²) in [5.74, 6) is 0.0869. The fourth-order valence-corrected chi connectivity index (χ4v) is 4.74. The molecule has 0 spiro atoms. The first kappa shape index (κ1) is 19.6. The number of aryl methyl sites for hydroxylation is 3. The fraction of sp³-hybridized carbons (Fsp3) is 0.381. The van der Waals surface area contributed by atoms with Crippen molar-refractivity contribution in [2.75, 3.05) is 26.2 Å². The van der Waals surface area contributed by atoms with Crippen LogP contribution in [0.3, 0.4) is 0 Å². The van der Waals surface area contributed by atoms with E-state index < -0.39 is 10.0 Å². The van der Waals surface area contributed by atoms with Gasteiger partial charge < -0.3 is 4.90 Å². The van der Waals surface area contributed by atoms with Crippen LogP contribution < -0.4 is 0 Å². The van der Waals surface area contributed by atoms with Crippen LogP contribution in [0, 0.1) is 13.8 Å². The first-order valence-electron chi connectivity index (χ1n) is 9.26. The van der Waals surface area contributed by atoms with Gasteiger partial charge in [-0.05, 0) is 38.0 Å². The molecule has 2 aromatic rings. The molecule has 1 aliphatic rings. The van der Waals surface area contributed by atoms with E-state index in [-0.39, 0.29) is 5.91 Å². The van der Waals surface area contributed by atoms with Crippen LogP contribution in [0.4, 0.5) is 0 Å². The lowest BCUT2D eigenvalue weighted by molar-refractivity contribution is -0.132. The molecule has 0 N–H and O–H groups in total. The number of sulfonamides is 1. The number of piperazine rings is 1. The average molecular weight is 387 g/mol. The zero-order valence-electron chi connectivity index (χ0n) is 15.9. The van der Waals surface area contributed by atoms with Gasteiger partial charge in [0.2, 0.25) is 15.9 Å². The van der Waals surface area contributed by atoms with Gasteiger partial charge in [0.05, 0.1) is 4.90 Å². The van der Waals surface area contributed by atoms with Gasteiger partial charge in [-0.25, -0.2) is 8.42 Å². The molecule has 0 unspecified atom stereocenters. The van der Waals surface area contributed by atoms with E-state index in [1.807, 2.05) is 32.0 Å². The molecule has 0 saturated carbocycles. The molecule has 144 valence electrons. The maximum absolute atomic E-state index is 12.7. The Morgan fingerprint density at radius 3 is 2.22 bits per heavy atom. The SMILES string of the molecule is Cc1ccc(S(=O)(=O)N2CCN(C(=O)CCc3cccc(C)c3)CC2)cc1. The van der Waals surface area contributed by atoms with E-state index in [1.165, 1.54) is 9.87 Å². The lowest BCUT2D eigenvalue weighted by atomic mass is 10.1. The molecule has 0 aromatic heterocycles. The van der Waals surface area contributed by atoms with Crippen LogP contribution in [0.15, 0.2) is 53.4 Å². The summed E-state index contributed by atoms with van der Waals surface area (Å²) >= 11 is 0. The van der Waals surface area contributed by atoms with Gasteiger partial charge in [-0.1, -0.05) is 47.5 Å². The van der Waals surface area contributed by atoms with Gasteiger partial charge in [0.15, 0.2) is 0 Å². The third-order valence-electron chi connectivity index (χ3n) is 4.96. The minimum absolute atomic E-state index is 0.0869. The molecule has 1 saturated heterocycles. The Balaban J connectivity index is 1.55. The van der Waals surface area contributed by atoms with Crippen molar-refractivity contribution in [1.82, 2.24) is 9.21 Å². The van der Waals surface area contributed by atoms with Crippen LogP contribution in [0.1, 0.15) is 23.1 Å². The average Bonchev–Trinajstić information content (AvgIpc) is 2.66. The van der Waals surface area contributed by atoms with E-state index in [4.69, 9.17) is 0 Å². The van der Waals surface area contributed by atoms with Crippen molar-refractivity contribution in [3.63, 3.8) is 0 Å². The molecule has 0 aliphatic carbocycles. The van der Waals surface area contributed by atoms with Crippen molar-refractivity contribution in [2.24, 2.45) is 0 Å². The number of nitrogens with zero attached hydrogens (tertiary/aromatic N) is 2. The predicted octanol–water partition coefficient (Wildman–Crippen LogP) is 2.77. The minimum Gasteiger partial charge on any atom is -0.340 e. The summed E-state index contributed by atoms with van der Waals surface area (Å²) in [7, 11) is -3.49. The fourth-order valence-electron chi connectivity index (χ4n) is 3.31. The van der Waals surface area contributed by atoms with E-state index in [2.05, 4.69) is 6.07 Å². The number of rotatable bonds is 5. The van der Waals surface area contributed by atoms with Crippen LogP contribution in [-0.4, -0.2) is 49.7 Å². The van der Waals surface area contributed by atoms with Crippen molar-refractivity contribution in [1.29, 1.82) is 0 Å². The minimum atomic E-state index is -3.49. The Hall–Kier alpha value is -2.18. The Labute approximate surface area is 161 Å². The lowest BCUT2D eigenvalue weighted by Crippen LogP contribution is -2.50. The molecule has 27 heavy (non-hydrogen) atoms. The third-order valence-corrected chi connectivity index (χ3v) is 6.87. The van der Waals surface area contributed by atoms with Crippen molar-refractivity contribution in [2.45, 2.75) is 31.6 Å². The standard InChI is InChI=1S/C21H26N2O3S/c1-17-6-9-20(10-7-17)27(25,26)23-14-12-22(13-15-23)21(24)11-8-19-5-3-4-18(2)16-19/h3-7,9-10,16H,8,11-15H2,1-2H3. The molecule has 6 heteroatoms. The van der Waals surface area contributed by atoms with Crippen LogP contribution in [0.25, 0.3) is 0 Å². The normalized spacial score (nSPS) is 15.7. The van der Waals surface area contributed by atoms with Crippen LogP contribution in [0.2, 0.25) is 0 Å². The molecule has 0 bridgehead atoms. The number of amides is 1. The second kappa shape index (κ2) is 8.23.